The highest BCUT2D eigenvalue weighted by Gasteiger charge is 2.11. The fourth-order valence-corrected chi connectivity index (χ4v) is 2.94. The molecule has 0 atom stereocenters. The normalized spacial score (nSPS) is 15.7. The molecule has 0 unspecified atom stereocenters. The summed E-state index contributed by atoms with van der Waals surface area (Å²) in [5, 5.41) is 0. The summed E-state index contributed by atoms with van der Waals surface area (Å²) in [7, 11) is 0. The molecule has 0 amide bonds. The Balaban J connectivity index is 1.74. The van der Waals surface area contributed by atoms with Crippen molar-refractivity contribution in [2.45, 2.75) is 51.9 Å². The molecule has 1 fully saturated rings. The number of hydrogen-bond donors (Lipinski definition) is 0. The fourth-order valence-electron chi connectivity index (χ4n) is 2.94. The van der Waals surface area contributed by atoms with Gasteiger partial charge in [-0.1, -0.05) is 56.5 Å². The Morgan fingerprint density at radius 3 is 2.73 bits per heavy atom. The molecular formula is C20H31NO. The zero-order valence-electron chi connectivity index (χ0n) is 14.1. The maximum absolute atomic E-state index is 6.00. The van der Waals surface area contributed by atoms with E-state index in [4.69, 9.17) is 4.74 Å². The molecule has 2 nitrogen and oxygen atoms in total. The van der Waals surface area contributed by atoms with Crippen LogP contribution in [-0.4, -0.2) is 31.1 Å². The van der Waals surface area contributed by atoms with Crippen molar-refractivity contribution in [2.24, 2.45) is 0 Å². The SMILES string of the molecule is CCCCCC/C=C/c1ccccc1OCCN1CCCC1. The molecule has 1 aliphatic rings. The van der Waals surface area contributed by atoms with E-state index in [1.165, 1.54) is 63.6 Å². The lowest BCUT2D eigenvalue weighted by Crippen LogP contribution is -2.25. The molecule has 0 spiro atoms. The Hall–Kier alpha value is -1.28. The number of ether oxygens (including phenoxy) is 1. The third-order valence-electron chi connectivity index (χ3n) is 4.30. The van der Waals surface area contributed by atoms with Gasteiger partial charge in [0.15, 0.2) is 0 Å². The van der Waals surface area contributed by atoms with Gasteiger partial charge in [0.05, 0.1) is 0 Å². The van der Waals surface area contributed by atoms with Gasteiger partial charge in [0.1, 0.15) is 12.4 Å². The number of para-hydroxylation sites is 1. The lowest BCUT2D eigenvalue weighted by atomic mass is 10.1. The minimum Gasteiger partial charge on any atom is -0.492 e. The molecule has 1 heterocycles. The van der Waals surface area contributed by atoms with E-state index in [1.807, 2.05) is 0 Å². The highest BCUT2D eigenvalue weighted by molar-refractivity contribution is 5.57. The van der Waals surface area contributed by atoms with Crippen LogP contribution in [0.4, 0.5) is 0 Å². The second kappa shape index (κ2) is 10.4. The standard InChI is InChI=1S/C20H31NO/c1-2-3-4-5-6-7-12-19-13-8-9-14-20(19)22-18-17-21-15-10-11-16-21/h7-9,12-14H,2-6,10-11,15-18H2,1H3/b12-7+. The predicted molar refractivity (Wildman–Crippen MR) is 95.4 cm³/mol. The summed E-state index contributed by atoms with van der Waals surface area (Å²) in [6.07, 6.45) is 13.7. The van der Waals surface area contributed by atoms with Crippen LogP contribution in [0, 0.1) is 0 Å². The van der Waals surface area contributed by atoms with Crippen LogP contribution in [0.2, 0.25) is 0 Å². The number of nitrogens with zero attached hydrogens (tertiary/aromatic N) is 1. The molecule has 0 N–H and O–H groups in total. The van der Waals surface area contributed by atoms with Gasteiger partial charge >= 0.3 is 0 Å². The number of likely N-dealkylation sites (tertiary alicyclic amines) is 1. The van der Waals surface area contributed by atoms with E-state index >= 15 is 0 Å². The van der Waals surface area contributed by atoms with E-state index in [0.29, 0.717) is 0 Å². The number of unbranched alkanes of at least 4 members (excludes halogenated alkanes) is 4. The van der Waals surface area contributed by atoms with Gasteiger partial charge < -0.3 is 4.74 Å². The van der Waals surface area contributed by atoms with Crippen molar-refractivity contribution in [2.75, 3.05) is 26.2 Å². The van der Waals surface area contributed by atoms with Gasteiger partial charge in [-0.25, -0.2) is 0 Å². The van der Waals surface area contributed by atoms with Gasteiger partial charge in [0.2, 0.25) is 0 Å². The van der Waals surface area contributed by atoms with Crippen LogP contribution in [0.1, 0.15) is 57.4 Å². The van der Waals surface area contributed by atoms with Gasteiger partial charge in [0.25, 0.3) is 0 Å². The summed E-state index contributed by atoms with van der Waals surface area (Å²) >= 11 is 0. The average molecular weight is 301 g/mol. The number of hydrogen-bond acceptors (Lipinski definition) is 2. The zero-order chi connectivity index (χ0) is 15.5. The Kier molecular flexibility index (Phi) is 8.11. The van der Waals surface area contributed by atoms with Crippen molar-refractivity contribution in [3.63, 3.8) is 0 Å². The molecule has 22 heavy (non-hydrogen) atoms. The molecule has 0 aliphatic carbocycles. The minimum atomic E-state index is 0.793. The van der Waals surface area contributed by atoms with E-state index in [1.54, 1.807) is 0 Å². The summed E-state index contributed by atoms with van der Waals surface area (Å²) in [5.74, 6) is 1.02. The summed E-state index contributed by atoms with van der Waals surface area (Å²) < 4.78 is 6.00. The highest BCUT2D eigenvalue weighted by atomic mass is 16.5. The topological polar surface area (TPSA) is 12.5 Å². The van der Waals surface area contributed by atoms with Crippen molar-refractivity contribution in [3.8, 4) is 5.75 Å². The molecule has 0 aromatic heterocycles. The van der Waals surface area contributed by atoms with E-state index in [9.17, 15) is 0 Å². The first-order valence-corrected chi connectivity index (χ1v) is 9.01. The molecule has 1 saturated heterocycles. The maximum Gasteiger partial charge on any atom is 0.126 e. The van der Waals surface area contributed by atoms with E-state index in [-0.39, 0.29) is 0 Å². The summed E-state index contributed by atoms with van der Waals surface area (Å²) in [5.41, 5.74) is 1.21. The molecule has 0 saturated carbocycles. The second-order valence-corrected chi connectivity index (χ2v) is 6.19. The van der Waals surface area contributed by atoms with E-state index < -0.39 is 0 Å². The van der Waals surface area contributed by atoms with Crippen molar-refractivity contribution in [3.05, 3.63) is 35.9 Å². The molecule has 1 aromatic rings. The molecule has 0 radical (unpaired) electrons. The van der Waals surface area contributed by atoms with E-state index in [0.717, 1.165) is 18.9 Å². The first-order chi connectivity index (χ1) is 10.9. The third kappa shape index (κ3) is 6.23. The number of rotatable bonds is 10. The quantitative estimate of drug-likeness (QED) is 0.554. The molecule has 0 bridgehead atoms. The molecule has 1 aliphatic heterocycles. The van der Waals surface area contributed by atoms with Crippen LogP contribution >= 0.6 is 0 Å². The number of allylic oxidation sites excluding steroid dienone is 1. The van der Waals surface area contributed by atoms with Crippen molar-refractivity contribution in [1.82, 2.24) is 4.90 Å². The second-order valence-electron chi connectivity index (χ2n) is 6.19. The van der Waals surface area contributed by atoms with Crippen LogP contribution < -0.4 is 4.74 Å². The zero-order valence-corrected chi connectivity index (χ0v) is 14.1. The van der Waals surface area contributed by atoms with Gasteiger partial charge in [-0.2, -0.15) is 0 Å². The Labute approximate surface area is 136 Å². The lowest BCUT2D eigenvalue weighted by Gasteiger charge is -2.15. The largest absolute Gasteiger partial charge is 0.492 e. The van der Waals surface area contributed by atoms with Crippen molar-refractivity contribution >= 4 is 6.08 Å². The summed E-state index contributed by atoms with van der Waals surface area (Å²) in [4.78, 5) is 2.49. The molecule has 122 valence electrons. The summed E-state index contributed by atoms with van der Waals surface area (Å²) in [6.45, 7) is 6.58. The minimum absolute atomic E-state index is 0.793. The van der Waals surface area contributed by atoms with E-state index in [2.05, 4.69) is 48.2 Å². The smallest absolute Gasteiger partial charge is 0.126 e. The molecule has 2 rings (SSSR count). The number of benzene rings is 1. The third-order valence-corrected chi connectivity index (χ3v) is 4.30. The van der Waals surface area contributed by atoms with Crippen LogP contribution in [0.25, 0.3) is 6.08 Å². The van der Waals surface area contributed by atoms with Crippen LogP contribution in [-0.2, 0) is 0 Å². The van der Waals surface area contributed by atoms with Crippen LogP contribution in [0.15, 0.2) is 30.3 Å². The van der Waals surface area contributed by atoms with Gasteiger partial charge in [-0.3, -0.25) is 4.90 Å². The average Bonchev–Trinajstić information content (AvgIpc) is 3.05. The van der Waals surface area contributed by atoms with Gasteiger partial charge in [-0.15, -0.1) is 0 Å². The monoisotopic (exact) mass is 301 g/mol. The van der Waals surface area contributed by atoms with Crippen molar-refractivity contribution < 1.29 is 4.74 Å². The Morgan fingerprint density at radius 1 is 1.09 bits per heavy atom. The summed E-state index contributed by atoms with van der Waals surface area (Å²) in [6, 6.07) is 8.38. The van der Waals surface area contributed by atoms with Gasteiger partial charge in [-0.05, 0) is 44.8 Å². The van der Waals surface area contributed by atoms with Crippen LogP contribution in [0.5, 0.6) is 5.75 Å². The predicted octanol–water partition coefficient (Wildman–Crippen LogP) is 5.14. The Morgan fingerprint density at radius 2 is 1.91 bits per heavy atom. The van der Waals surface area contributed by atoms with Crippen LogP contribution in [0.3, 0.4) is 0 Å². The fraction of sp³-hybridized carbons (Fsp3) is 0.600. The van der Waals surface area contributed by atoms with Crippen molar-refractivity contribution in [1.29, 1.82) is 0 Å². The molecule has 2 heteroatoms. The molecule has 1 aromatic carbocycles. The first kappa shape index (κ1) is 17.1. The highest BCUT2D eigenvalue weighted by Crippen LogP contribution is 2.20. The lowest BCUT2D eigenvalue weighted by molar-refractivity contribution is 0.237. The Bertz CT molecular complexity index is 435. The first-order valence-electron chi connectivity index (χ1n) is 9.01. The van der Waals surface area contributed by atoms with Gasteiger partial charge in [0, 0.05) is 12.1 Å². The molecular weight excluding hydrogens is 270 g/mol. The maximum atomic E-state index is 6.00.